The highest BCUT2D eigenvalue weighted by molar-refractivity contribution is 8.02. The Morgan fingerprint density at radius 2 is 2.03 bits per heavy atom. The first-order chi connectivity index (χ1) is 14.3. The van der Waals surface area contributed by atoms with Crippen LogP contribution in [0.5, 0.6) is 11.5 Å². The van der Waals surface area contributed by atoms with E-state index in [-0.39, 0.29) is 29.3 Å². The summed E-state index contributed by atoms with van der Waals surface area (Å²) >= 11 is 1.23. The molecule has 2 aromatic rings. The number of ketones is 1. The predicted octanol–water partition coefficient (Wildman–Crippen LogP) is 4.44. The summed E-state index contributed by atoms with van der Waals surface area (Å²) in [5.74, 6) is -0.880. The number of rotatable bonds is 7. The molecule has 0 aliphatic carbocycles. The number of Topliss-reactive ketones (excluding diaryl/α,β-unsaturated/α-hetero) is 1. The number of allylic oxidation sites excluding steroid dienone is 1. The molecule has 0 fully saturated rings. The number of hydrogen-bond acceptors (Lipinski definition) is 7. The zero-order chi connectivity index (χ0) is 21.7. The van der Waals surface area contributed by atoms with Crippen molar-refractivity contribution in [2.75, 3.05) is 0 Å². The van der Waals surface area contributed by atoms with Crippen LogP contribution in [-0.4, -0.2) is 28.2 Å². The number of carboxylic acids is 1. The molecule has 0 saturated heterocycles. The second-order valence-electron chi connectivity index (χ2n) is 6.42. The smallest absolute Gasteiger partial charge is 0.335 e. The number of phenols is 1. The van der Waals surface area contributed by atoms with Gasteiger partial charge in [-0.1, -0.05) is 17.3 Å². The van der Waals surface area contributed by atoms with E-state index in [2.05, 4.69) is 5.16 Å². The quantitative estimate of drug-likeness (QED) is 0.632. The highest BCUT2D eigenvalue weighted by Crippen LogP contribution is 2.32. The molecule has 1 aliphatic rings. The summed E-state index contributed by atoms with van der Waals surface area (Å²) in [5.41, 5.74) is 1.69. The van der Waals surface area contributed by atoms with E-state index >= 15 is 0 Å². The van der Waals surface area contributed by atoms with Crippen molar-refractivity contribution in [2.45, 2.75) is 25.3 Å². The van der Waals surface area contributed by atoms with Gasteiger partial charge in [-0.25, -0.2) is 4.79 Å². The molecule has 3 rings (SSSR count). The number of thioether (sulfide) groups is 1. The third-order valence-corrected chi connectivity index (χ3v) is 5.13. The van der Waals surface area contributed by atoms with Crippen molar-refractivity contribution in [2.24, 2.45) is 5.16 Å². The summed E-state index contributed by atoms with van der Waals surface area (Å²) in [6, 6.07) is 10.7. The molecule has 1 heterocycles. The van der Waals surface area contributed by atoms with Crippen LogP contribution >= 0.6 is 11.8 Å². The van der Waals surface area contributed by atoms with Gasteiger partial charge in [0.2, 0.25) is 0 Å². The van der Waals surface area contributed by atoms with Crippen molar-refractivity contribution in [1.82, 2.24) is 0 Å². The molecular weight excluding hydrogens is 406 g/mol. The molecule has 30 heavy (non-hydrogen) atoms. The van der Waals surface area contributed by atoms with Gasteiger partial charge in [-0.3, -0.25) is 4.79 Å². The lowest BCUT2D eigenvalue weighted by Gasteiger charge is -2.13. The van der Waals surface area contributed by atoms with Crippen molar-refractivity contribution in [1.29, 1.82) is 0 Å². The van der Waals surface area contributed by atoms with Crippen LogP contribution in [0.25, 0.3) is 0 Å². The highest BCUT2D eigenvalue weighted by atomic mass is 32.2. The van der Waals surface area contributed by atoms with Gasteiger partial charge in [-0.15, -0.1) is 0 Å². The highest BCUT2D eigenvalue weighted by Gasteiger charge is 2.14. The topological polar surface area (TPSA) is 105 Å². The van der Waals surface area contributed by atoms with Crippen molar-refractivity contribution in [3.63, 3.8) is 0 Å². The number of oxime groups is 1. The van der Waals surface area contributed by atoms with Crippen LogP contribution in [0.15, 0.2) is 69.3 Å². The first-order valence-corrected chi connectivity index (χ1v) is 9.75. The Hall–Kier alpha value is -3.52. The van der Waals surface area contributed by atoms with Gasteiger partial charge < -0.3 is 19.8 Å². The minimum Gasteiger partial charge on any atom is -0.507 e. The molecule has 7 nitrogen and oxygen atoms in total. The van der Waals surface area contributed by atoms with Crippen LogP contribution in [-0.2, 0) is 16.2 Å². The molecule has 0 amide bonds. The average Bonchev–Trinajstić information content (AvgIpc) is 2.95. The van der Waals surface area contributed by atoms with Gasteiger partial charge in [0, 0.05) is 16.5 Å². The van der Waals surface area contributed by atoms with E-state index in [1.54, 1.807) is 13.0 Å². The summed E-state index contributed by atoms with van der Waals surface area (Å²) in [4.78, 5) is 28.7. The second kappa shape index (κ2) is 9.32. The van der Waals surface area contributed by atoms with Gasteiger partial charge >= 0.3 is 5.97 Å². The Morgan fingerprint density at radius 1 is 1.23 bits per heavy atom. The standard InChI is InChI=1S/C22H19NO6S/c1-13-19(7-6-18(14(2)24)21(13)25)28-12-15-4-3-5-17(10-15)30-20-11-16(22(26)27)8-9-23-29-20/h3-11,25H,12H2,1-2H3,(H,26,27). The second-order valence-corrected chi connectivity index (χ2v) is 7.49. The lowest BCUT2D eigenvalue weighted by atomic mass is 10.1. The summed E-state index contributed by atoms with van der Waals surface area (Å²) in [7, 11) is 0. The number of carbonyl (C=O) groups is 2. The number of phenolic OH excluding ortho intramolecular Hbond substituents is 1. The van der Waals surface area contributed by atoms with Crippen LogP contribution in [0.2, 0.25) is 0 Å². The van der Waals surface area contributed by atoms with Gasteiger partial charge in [0.25, 0.3) is 0 Å². The molecule has 0 atom stereocenters. The van der Waals surface area contributed by atoms with Crippen molar-refractivity contribution >= 4 is 29.7 Å². The van der Waals surface area contributed by atoms with Crippen molar-refractivity contribution in [3.05, 3.63) is 75.9 Å². The van der Waals surface area contributed by atoms with E-state index in [4.69, 9.17) is 14.7 Å². The van der Waals surface area contributed by atoms with Gasteiger partial charge in [0.1, 0.15) is 18.1 Å². The number of benzene rings is 2. The Labute approximate surface area is 177 Å². The SMILES string of the molecule is CC(=O)c1ccc(OCc2cccc(SC3=CC(C(=O)O)=CC=NO3)c2)c(C)c1O. The maximum absolute atomic E-state index is 11.5. The lowest BCUT2D eigenvalue weighted by Crippen LogP contribution is -2.00. The molecule has 0 saturated carbocycles. The van der Waals surface area contributed by atoms with Gasteiger partial charge in [0.15, 0.2) is 10.9 Å². The van der Waals surface area contributed by atoms with E-state index in [0.717, 1.165) is 10.5 Å². The third-order valence-electron chi connectivity index (χ3n) is 4.25. The Balaban J connectivity index is 1.72. The van der Waals surface area contributed by atoms with E-state index in [1.807, 2.05) is 24.3 Å². The maximum atomic E-state index is 11.5. The van der Waals surface area contributed by atoms with Crippen LogP contribution in [0, 0.1) is 6.92 Å². The van der Waals surface area contributed by atoms with Crippen LogP contribution in [0.1, 0.15) is 28.4 Å². The minimum absolute atomic E-state index is 0.0718. The number of aromatic hydroxyl groups is 1. The minimum atomic E-state index is -1.07. The number of carbonyl (C=O) groups excluding carboxylic acids is 1. The summed E-state index contributed by atoms with van der Waals surface area (Å²) in [6.45, 7) is 3.33. The van der Waals surface area contributed by atoms with Gasteiger partial charge in [0.05, 0.1) is 17.4 Å². The molecular formula is C22H19NO6S. The summed E-state index contributed by atoms with van der Waals surface area (Å²) in [5, 5.41) is 23.4. The monoisotopic (exact) mass is 425 g/mol. The fraction of sp³-hybridized carbons (Fsp3) is 0.136. The normalized spacial score (nSPS) is 13.0. The van der Waals surface area contributed by atoms with E-state index in [1.165, 1.54) is 43.1 Å². The number of aliphatic carboxylic acids is 1. The molecule has 0 bridgehead atoms. The number of ether oxygens (including phenoxy) is 1. The van der Waals surface area contributed by atoms with Crippen molar-refractivity contribution in [3.8, 4) is 11.5 Å². The molecule has 8 heteroatoms. The number of nitrogens with zero attached hydrogens (tertiary/aromatic N) is 1. The largest absolute Gasteiger partial charge is 0.507 e. The van der Waals surface area contributed by atoms with E-state index < -0.39 is 5.97 Å². The Kier molecular flexibility index (Phi) is 6.58. The Bertz CT molecular complexity index is 1090. The van der Waals surface area contributed by atoms with Crippen LogP contribution < -0.4 is 4.74 Å². The van der Waals surface area contributed by atoms with Crippen LogP contribution in [0.4, 0.5) is 0 Å². The lowest BCUT2D eigenvalue weighted by molar-refractivity contribution is -0.132. The van der Waals surface area contributed by atoms with E-state index in [0.29, 0.717) is 16.4 Å². The van der Waals surface area contributed by atoms with Crippen LogP contribution in [0.3, 0.4) is 0 Å². The number of carboxylic acid groups (broad SMARTS) is 1. The zero-order valence-electron chi connectivity index (χ0n) is 16.3. The summed E-state index contributed by atoms with van der Waals surface area (Å²) in [6.07, 6.45) is 4.05. The molecule has 1 aliphatic heterocycles. The van der Waals surface area contributed by atoms with Gasteiger partial charge in [-0.2, -0.15) is 0 Å². The fourth-order valence-electron chi connectivity index (χ4n) is 2.67. The molecule has 0 spiro atoms. The fourth-order valence-corrected chi connectivity index (χ4v) is 3.53. The molecule has 0 unspecified atom stereocenters. The first-order valence-electron chi connectivity index (χ1n) is 8.94. The Morgan fingerprint density at radius 3 is 2.77 bits per heavy atom. The molecule has 2 aromatic carbocycles. The number of hydrogen-bond donors (Lipinski definition) is 2. The molecule has 154 valence electrons. The summed E-state index contributed by atoms with van der Waals surface area (Å²) < 4.78 is 5.82. The maximum Gasteiger partial charge on any atom is 0.335 e. The van der Waals surface area contributed by atoms with E-state index in [9.17, 15) is 14.7 Å². The molecule has 0 radical (unpaired) electrons. The first kappa shape index (κ1) is 21.2. The van der Waals surface area contributed by atoms with Crippen molar-refractivity contribution < 1.29 is 29.4 Å². The zero-order valence-corrected chi connectivity index (χ0v) is 17.1. The third kappa shape index (κ3) is 5.09. The predicted molar refractivity (Wildman–Crippen MR) is 113 cm³/mol. The average molecular weight is 425 g/mol. The molecule has 2 N–H and O–H groups in total. The molecule has 0 aromatic heterocycles. The van der Waals surface area contributed by atoms with Gasteiger partial charge in [-0.05, 0) is 61.5 Å².